The molecular formula is C24H27FN4O. The molecule has 1 N–H and O–H groups in total. The van der Waals surface area contributed by atoms with E-state index >= 15 is 0 Å². The van der Waals surface area contributed by atoms with Crippen LogP contribution < -0.4 is 5.32 Å². The van der Waals surface area contributed by atoms with Crippen LogP contribution in [0.25, 0.3) is 10.9 Å². The molecular weight excluding hydrogens is 379 g/mol. The van der Waals surface area contributed by atoms with Crippen LogP contribution in [0.5, 0.6) is 0 Å². The normalized spacial score (nSPS) is 15.0. The van der Waals surface area contributed by atoms with Crippen molar-refractivity contribution >= 4 is 22.6 Å². The second-order valence-corrected chi connectivity index (χ2v) is 8.19. The number of pyridine rings is 1. The number of halogens is 1. The number of aromatic nitrogens is 1. The topological polar surface area (TPSA) is 48.5 Å². The summed E-state index contributed by atoms with van der Waals surface area (Å²) in [6.07, 6.45) is 1.77. The van der Waals surface area contributed by atoms with E-state index in [9.17, 15) is 9.18 Å². The number of fused-ring (bicyclic) bond motifs is 1. The molecule has 5 nitrogen and oxygen atoms in total. The summed E-state index contributed by atoms with van der Waals surface area (Å²) < 4.78 is 13.1. The quantitative estimate of drug-likeness (QED) is 0.674. The second-order valence-electron chi connectivity index (χ2n) is 8.19. The molecule has 3 aromatic rings. The number of hydrogen-bond donors (Lipinski definition) is 1. The van der Waals surface area contributed by atoms with Crippen LogP contribution in [0.15, 0.2) is 54.6 Å². The van der Waals surface area contributed by atoms with E-state index in [1.807, 2.05) is 61.5 Å². The van der Waals surface area contributed by atoms with Crippen molar-refractivity contribution in [3.8, 4) is 0 Å². The van der Waals surface area contributed by atoms with Crippen molar-refractivity contribution in [2.24, 2.45) is 0 Å². The van der Waals surface area contributed by atoms with Gasteiger partial charge in [0.1, 0.15) is 5.82 Å². The SMILES string of the molecule is CN(C)Cc1ccc2cc(NC(=O)N3CCC(c4ccc(F)cc4)CC3)ccc2n1. The molecule has 1 fully saturated rings. The molecule has 0 unspecified atom stereocenters. The summed E-state index contributed by atoms with van der Waals surface area (Å²) in [6, 6.07) is 16.5. The molecule has 0 bridgehead atoms. The van der Waals surface area contributed by atoms with Gasteiger partial charge in [-0.1, -0.05) is 18.2 Å². The molecule has 4 rings (SSSR count). The molecule has 0 spiro atoms. The number of benzene rings is 2. The Labute approximate surface area is 176 Å². The van der Waals surface area contributed by atoms with Crippen LogP contribution in [0.3, 0.4) is 0 Å². The number of urea groups is 1. The van der Waals surface area contributed by atoms with E-state index in [0.29, 0.717) is 19.0 Å². The van der Waals surface area contributed by atoms with E-state index in [2.05, 4.69) is 15.2 Å². The molecule has 0 saturated carbocycles. The maximum atomic E-state index is 13.1. The molecule has 1 aromatic heterocycles. The fourth-order valence-electron chi connectivity index (χ4n) is 4.01. The zero-order valence-corrected chi connectivity index (χ0v) is 17.4. The summed E-state index contributed by atoms with van der Waals surface area (Å²) in [6.45, 7) is 2.18. The van der Waals surface area contributed by atoms with Crippen LogP contribution in [0.2, 0.25) is 0 Å². The summed E-state index contributed by atoms with van der Waals surface area (Å²) >= 11 is 0. The number of nitrogens with zero attached hydrogens (tertiary/aromatic N) is 3. The lowest BCUT2D eigenvalue weighted by Crippen LogP contribution is -2.40. The minimum atomic E-state index is -0.213. The highest BCUT2D eigenvalue weighted by molar-refractivity contribution is 5.92. The molecule has 1 saturated heterocycles. The van der Waals surface area contributed by atoms with Gasteiger partial charge in [-0.25, -0.2) is 9.18 Å². The fraction of sp³-hybridized carbons (Fsp3) is 0.333. The lowest BCUT2D eigenvalue weighted by Gasteiger charge is -2.32. The van der Waals surface area contributed by atoms with Crippen LogP contribution in [0.1, 0.15) is 30.0 Å². The minimum Gasteiger partial charge on any atom is -0.324 e. The molecule has 0 radical (unpaired) electrons. The van der Waals surface area contributed by atoms with Crippen molar-refractivity contribution in [2.45, 2.75) is 25.3 Å². The number of carbonyl (C=O) groups excluding carboxylic acids is 1. The number of anilines is 1. The fourth-order valence-corrected chi connectivity index (χ4v) is 4.01. The van der Waals surface area contributed by atoms with Gasteiger partial charge >= 0.3 is 6.03 Å². The largest absolute Gasteiger partial charge is 0.324 e. The molecule has 2 aromatic carbocycles. The van der Waals surface area contributed by atoms with E-state index in [1.54, 1.807) is 0 Å². The molecule has 1 aliphatic rings. The molecule has 2 heterocycles. The zero-order chi connectivity index (χ0) is 21.1. The van der Waals surface area contributed by atoms with E-state index in [-0.39, 0.29) is 11.8 Å². The summed E-state index contributed by atoms with van der Waals surface area (Å²) in [5.74, 6) is 0.160. The van der Waals surface area contributed by atoms with E-state index in [1.165, 1.54) is 12.1 Å². The Balaban J connectivity index is 1.36. The van der Waals surface area contributed by atoms with Crippen molar-refractivity contribution < 1.29 is 9.18 Å². The first-order valence-corrected chi connectivity index (χ1v) is 10.3. The van der Waals surface area contributed by atoms with E-state index < -0.39 is 0 Å². The Morgan fingerprint density at radius 3 is 2.53 bits per heavy atom. The Morgan fingerprint density at radius 1 is 1.10 bits per heavy atom. The van der Waals surface area contributed by atoms with Crippen LogP contribution in [-0.4, -0.2) is 48.0 Å². The number of likely N-dealkylation sites (tertiary alicyclic amines) is 1. The Kier molecular flexibility index (Phi) is 5.95. The molecule has 0 atom stereocenters. The monoisotopic (exact) mass is 406 g/mol. The van der Waals surface area contributed by atoms with Gasteiger partial charge in [-0.2, -0.15) is 0 Å². The van der Waals surface area contributed by atoms with Crippen molar-refractivity contribution in [2.75, 3.05) is 32.5 Å². The molecule has 156 valence electrons. The van der Waals surface area contributed by atoms with Gasteiger partial charge in [-0.05, 0) is 74.8 Å². The molecule has 2 amide bonds. The van der Waals surface area contributed by atoms with Gasteiger partial charge in [0.05, 0.1) is 11.2 Å². The number of nitrogens with one attached hydrogen (secondary N) is 1. The van der Waals surface area contributed by atoms with Crippen LogP contribution in [0, 0.1) is 5.82 Å². The number of carbonyl (C=O) groups is 1. The number of amides is 2. The van der Waals surface area contributed by atoms with Crippen molar-refractivity contribution in [1.82, 2.24) is 14.8 Å². The minimum absolute atomic E-state index is 0.0795. The number of hydrogen-bond acceptors (Lipinski definition) is 3. The highest BCUT2D eigenvalue weighted by atomic mass is 19.1. The zero-order valence-electron chi connectivity index (χ0n) is 17.4. The first-order valence-electron chi connectivity index (χ1n) is 10.3. The molecule has 0 aliphatic carbocycles. The van der Waals surface area contributed by atoms with Gasteiger partial charge in [0, 0.05) is 30.7 Å². The number of rotatable bonds is 4. The predicted octanol–water partition coefficient (Wildman–Crippen LogP) is 4.85. The first kappa shape index (κ1) is 20.3. The maximum Gasteiger partial charge on any atom is 0.321 e. The van der Waals surface area contributed by atoms with E-state index in [4.69, 9.17) is 0 Å². The molecule has 1 aliphatic heterocycles. The summed E-state index contributed by atoms with van der Waals surface area (Å²) in [4.78, 5) is 21.3. The Bertz CT molecular complexity index is 1030. The third-order valence-corrected chi connectivity index (χ3v) is 5.60. The molecule has 6 heteroatoms. The lowest BCUT2D eigenvalue weighted by atomic mass is 9.89. The smallest absolute Gasteiger partial charge is 0.321 e. The summed E-state index contributed by atoms with van der Waals surface area (Å²) in [7, 11) is 4.04. The van der Waals surface area contributed by atoms with Crippen molar-refractivity contribution in [3.05, 3.63) is 71.7 Å². The lowest BCUT2D eigenvalue weighted by molar-refractivity contribution is 0.194. The van der Waals surface area contributed by atoms with Crippen molar-refractivity contribution in [1.29, 1.82) is 0 Å². The Hall–Kier alpha value is -2.99. The maximum absolute atomic E-state index is 13.1. The van der Waals surface area contributed by atoms with E-state index in [0.717, 1.165) is 47.2 Å². The number of piperidine rings is 1. The first-order chi connectivity index (χ1) is 14.5. The highest BCUT2D eigenvalue weighted by Crippen LogP contribution is 2.28. The highest BCUT2D eigenvalue weighted by Gasteiger charge is 2.24. The van der Waals surface area contributed by atoms with Gasteiger partial charge < -0.3 is 15.1 Å². The summed E-state index contributed by atoms with van der Waals surface area (Å²) in [5, 5.41) is 4.02. The van der Waals surface area contributed by atoms with Gasteiger partial charge in [0.25, 0.3) is 0 Å². The second kappa shape index (κ2) is 8.79. The van der Waals surface area contributed by atoms with Gasteiger partial charge in [0.2, 0.25) is 0 Å². The van der Waals surface area contributed by atoms with Crippen molar-refractivity contribution in [3.63, 3.8) is 0 Å². The van der Waals surface area contributed by atoms with Crippen LogP contribution in [0.4, 0.5) is 14.9 Å². The predicted molar refractivity (Wildman–Crippen MR) is 118 cm³/mol. The molecule has 30 heavy (non-hydrogen) atoms. The third kappa shape index (κ3) is 4.76. The van der Waals surface area contributed by atoms with Gasteiger partial charge in [0.15, 0.2) is 0 Å². The average molecular weight is 407 g/mol. The van der Waals surface area contributed by atoms with Gasteiger partial charge in [-0.3, -0.25) is 4.98 Å². The van der Waals surface area contributed by atoms with Gasteiger partial charge in [-0.15, -0.1) is 0 Å². The summed E-state index contributed by atoms with van der Waals surface area (Å²) in [5.41, 5.74) is 3.86. The van der Waals surface area contributed by atoms with Crippen LogP contribution in [-0.2, 0) is 6.54 Å². The third-order valence-electron chi connectivity index (χ3n) is 5.60. The average Bonchev–Trinajstić information content (AvgIpc) is 2.74. The standard InChI is InChI=1S/C24H27FN4O/c1-28(2)16-22-8-5-19-15-21(9-10-23(19)26-22)27-24(30)29-13-11-18(12-14-29)17-3-6-20(25)7-4-17/h3-10,15,18H,11-14,16H2,1-2H3,(H,27,30). The van der Waals surface area contributed by atoms with Crippen LogP contribution >= 0.6 is 0 Å². The Morgan fingerprint density at radius 2 is 1.83 bits per heavy atom.